The molecule has 8 nitrogen and oxygen atoms in total. The summed E-state index contributed by atoms with van der Waals surface area (Å²) in [5.41, 5.74) is 1.56. The predicted octanol–water partition coefficient (Wildman–Crippen LogP) is 8.64. The summed E-state index contributed by atoms with van der Waals surface area (Å²) < 4.78 is 10.8. The molecule has 1 aliphatic rings. The lowest BCUT2D eigenvalue weighted by Crippen LogP contribution is -1.90. The smallest absolute Gasteiger partial charge is 0.311 e. The van der Waals surface area contributed by atoms with Gasteiger partial charge in [-0.15, -0.1) is 0 Å². The van der Waals surface area contributed by atoms with E-state index < -0.39 is 0 Å². The number of hydrogen-bond donors (Lipinski definition) is 0. The van der Waals surface area contributed by atoms with Crippen LogP contribution in [0.4, 0.5) is 17.3 Å². The van der Waals surface area contributed by atoms with Gasteiger partial charge in [0.05, 0.1) is 12.5 Å². The van der Waals surface area contributed by atoms with Crippen LogP contribution < -0.4 is 0 Å². The molecule has 0 atom stereocenters. The number of oxazole rings is 2. The van der Waals surface area contributed by atoms with Crippen LogP contribution in [0, 0.1) is 26.6 Å². The molecule has 0 amide bonds. The summed E-state index contributed by atoms with van der Waals surface area (Å²) in [5.74, 6) is 4.95. The van der Waals surface area contributed by atoms with E-state index >= 15 is 0 Å². The molecule has 0 N–H and O–H groups in total. The fourth-order valence-electron chi connectivity index (χ4n) is 3.14. The van der Waals surface area contributed by atoms with E-state index in [0.717, 1.165) is 30.2 Å². The van der Waals surface area contributed by atoms with Crippen molar-refractivity contribution in [3.8, 4) is 0 Å². The van der Waals surface area contributed by atoms with Crippen molar-refractivity contribution < 1.29 is 8.83 Å². The highest BCUT2D eigenvalue weighted by atomic mass is 16.4. The number of nitrogens with zero attached hydrogens (tertiary/aromatic N) is 6. The van der Waals surface area contributed by atoms with Crippen LogP contribution >= 0.6 is 0 Å². The van der Waals surface area contributed by atoms with Crippen molar-refractivity contribution in [3.63, 3.8) is 0 Å². The van der Waals surface area contributed by atoms with Crippen LogP contribution in [0.3, 0.4) is 0 Å². The summed E-state index contributed by atoms with van der Waals surface area (Å²) in [6, 6.07) is 3.59. The van der Waals surface area contributed by atoms with Gasteiger partial charge < -0.3 is 18.5 Å². The molecule has 35 heavy (non-hydrogen) atoms. The molecule has 1 aliphatic carbocycles. The quantitative estimate of drug-likeness (QED) is 0.355. The Bertz CT molecular complexity index is 1240. The van der Waals surface area contributed by atoms with Gasteiger partial charge in [0.1, 0.15) is 11.5 Å². The number of hydrogen-bond acceptors (Lipinski definition) is 5. The number of pyridine rings is 1. The normalized spacial score (nSPS) is 12.2. The first-order valence-electron chi connectivity index (χ1n) is 11.7. The van der Waals surface area contributed by atoms with Crippen LogP contribution in [-0.4, -0.2) is 15.0 Å². The van der Waals surface area contributed by atoms with Crippen molar-refractivity contribution in [1.82, 2.24) is 15.0 Å². The van der Waals surface area contributed by atoms with Gasteiger partial charge in [-0.3, -0.25) is 4.98 Å². The highest BCUT2D eigenvalue weighted by molar-refractivity contribution is 5.49. The second kappa shape index (κ2) is 12.5. The molecule has 0 unspecified atom stereocenters. The van der Waals surface area contributed by atoms with Crippen LogP contribution in [0.2, 0.25) is 0 Å². The minimum absolute atomic E-state index is 0.236. The van der Waals surface area contributed by atoms with Gasteiger partial charge >= 0.3 is 11.6 Å². The Balaban J connectivity index is 0.000000186. The molecule has 3 heterocycles. The number of aromatic nitrogens is 3. The van der Waals surface area contributed by atoms with Crippen molar-refractivity contribution in [2.45, 2.75) is 85.0 Å². The molecular weight excluding hydrogens is 440 g/mol. The molecule has 8 heteroatoms. The van der Waals surface area contributed by atoms with Crippen LogP contribution in [0.15, 0.2) is 27.2 Å². The van der Waals surface area contributed by atoms with Crippen molar-refractivity contribution in [2.75, 3.05) is 0 Å². The number of rotatable bonds is 4. The summed E-state index contributed by atoms with van der Waals surface area (Å²) >= 11 is 0. The Hall–Kier alpha value is -3.96. The minimum atomic E-state index is 0.236. The minimum Gasteiger partial charge on any atom is -0.439 e. The van der Waals surface area contributed by atoms with E-state index in [1.807, 2.05) is 41.5 Å². The maximum Gasteiger partial charge on any atom is 0.311 e. The lowest BCUT2D eigenvalue weighted by molar-refractivity contribution is 0.441. The summed E-state index contributed by atoms with van der Waals surface area (Å²) in [7, 11) is 0. The van der Waals surface area contributed by atoms with Crippen LogP contribution in [-0.2, 0) is 0 Å². The fourth-order valence-corrected chi connectivity index (χ4v) is 3.14. The average molecular weight is 473 g/mol. The lowest BCUT2D eigenvalue weighted by Gasteiger charge is -2.04. The summed E-state index contributed by atoms with van der Waals surface area (Å²) in [5, 5.41) is 0. The maximum atomic E-state index is 6.96. The van der Waals surface area contributed by atoms with Gasteiger partial charge in [-0.05, 0) is 18.8 Å². The molecule has 0 aliphatic heterocycles. The first kappa shape index (κ1) is 27.3. The van der Waals surface area contributed by atoms with E-state index in [4.69, 9.17) is 28.6 Å². The molecule has 0 bridgehead atoms. The SMILES string of the molecule is [C-]#[N+]c1cccnc1C(C)C.[C-]#[N+]c1nc(C)oc1C(C)C.[C-]#[N+]c1nc(C2CC2)oc1C(C)C. The zero-order valence-corrected chi connectivity index (χ0v) is 21.5. The van der Waals surface area contributed by atoms with Crippen LogP contribution in [0.25, 0.3) is 14.5 Å². The Morgan fingerprint density at radius 2 is 1.40 bits per heavy atom. The molecule has 182 valence electrons. The molecule has 3 aromatic heterocycles. The first-order chi connectivity index (χ1) is 16.6. The van der Waals surface area contributed by atoms with Crippen molar-refractivity contribution in [2.24, 2.45) is 0 Å². The van der Waals surface area contributed by atoms with Gasteiger partial charge in [-0.25, -0.2) is 4.85 Å². The molecule has 3 aromatic rings. The molecule has 4 rings (SSSR count). The van der Waals surface area contributed by atoms with E-state index in [1.165, 1.54) is 0 Å². The first-order valence-corrected chi connectivity index (χ1v) is 11.7. The third kappa shape index (κ3) is 7.52. The molecule has 0 radical (unpaired) electrons. The van der Waals surface area contributed by atoms with Gasteiger partial charge in [0.25, 0.3) is 11.8 Å². The standard InChI is InChI=1S/C10H12N2O.C9H10N2.C8H10N2O/c1-6(2)8-9(11-3)12-10(13-8)7-4-5-7;1-7(2)9-8(10-3)5-4-6-11-9;1-5(2)7-8(9-4)10-6(3)11-7/h6-7H,4-5H2,1-2H3;4-7H,1-2H3;5H,1-3H3. The largest absolute Gasteiger partial charge is 0.439 e. The van der Waals surface area contributed by atoms with E-state index in [9.17, 15) is 0 Å². The molecule has 1 fully saturated rings. The highest BCUT2D eigenvalue weighted by Crippen LogP contribution is 2.42. The average Bonchev–Trinajstić information content (AvgIpc) is 3.47. The molecule has 0 spiro atoms. The third-order valence-corrected chi connectivity index (χ3v) is 5.06. The Kier molecular flexibility index (Phi) is 9.74. The van der Waals surface area contributed by atoms with Gasteiger partial charge in [0.15, 0.2) is 0 Å². The van der Waals surface area contributed by atoms with Crippen molar-refractivity contribution in [3.05, 3.63) is 81.6 Å². The highest BCUT2D eigenvalue weighted by Gasteiger charge is 2.33. The third-order valence-electron chi connectivity index (χ3n) is 5.06. The van der Waals surface area contributed by atoms with Crippen molar-refractivity contribution >= 4 is 17.3 Å². The van der Waals surface area contributed by atoms with E-state index in [0.29, 0.717) is 40.8 Å². The predicted molar refractivity (Wildman–Crippen MR) is 135 cm³/mol. The molecule has 1 saturated carbocycles. The lowest BCUT2D eigenvalue weighted by atomic mass is 10.1. The molecule has 0 saturated heterocycles. The fraction of sp³-hybridized carbons (Fsp3) is 0.481. The second-order valence-electron chi connectivity index (χ2n) is 9.14. The topological polar surface area (TPSA) is 78.0 Å². The maximum absolute atomic E-state index is 6.96. The summed E-state index contributed by atoms with van der Waals surface area (Å²) in [4.78, 5) is 22.3. The van der Waals surface area contributed by atoms with E-state index in [2.05, 4.69) is 29.5 Å². The second-order valence-corrected chi connectivity index (χ2v) is 9.14. The summed E-state index contributed by atoms with van der Waals surface area (Å²) in [6.45, 7) is 34.4. The van der Waals surface area contributed by atoms with Crippen LogP contribution in [0.5, 0.6) is 0 Å². The van der Waals surface area contributed by atoms with Gasteiger partial charge in [0, 0.05) is 30.7 Å². The molecular formula is C27H32N6O2. The number of aryl methyl sites for hydroxylation is 1. The monoisotopic (exact) mass is 472 g/mol. The van der Waals surface area contributed by atoms with Crippen LogP contribution in [0.1, 0.15) is 107 Å². The zero-order valence-electron chi connectivity index (χ0n) is 21.5. The van der Waals surface area contributed by atoms with Gasteiger partial charge in [-0.2, -0.15) is 0 Å². The summed E-state index contributed by atoms with van der Waals surface area (Å²) in [6.07, 6.45) is 4.05. The van der Waals surface area contributed by atoms with E-state index in [1.54, 1.807) is 25.3 Å². The Morgan fingerprint density at radius 3 is 1.80 bits per heavy atom. The van der Waals surface area contributed by atoms with E-state index in [-0.39, 0.29) is 11.8 Å². The zero-order chi connectivity index (χ0) is 26.1. The Labute approximate surface area is 207 Å². The van der Waals surface area contributed by atoms with Gasteiger partial charge in [-0.1, -0.05) is 76.8 Å². The molecule has 0 aromatic carbocycles. The Morgan fingerprint density at radius 1 is 0.829 bits per heavy atom. The van der Waals surface area contributed by atoms with Gasteiger partial charge in [0.2, 0.25) is 5.69 Å². The van der Waals surface area contributed by atoms with Crippen molar-refractivity contribution in [1.29, 1.82) is 0 Å².